The molecule has 2 amide bonds. The van der Waals surface area contributed by atoms with Crippen molar-refractivity contribution in [3.05, 3.63) is 76.8 Å². The maximum absolute atomic E-state index is 13.2. The average Bonchev–Trinajstić information content (AvgIpc) is 3.15. The van der Waals surface area contributed by atoms with Gasteiger partial charge < -0.3 is 4.57 Å². The molecule has 0 atom stereocenters. The molecular weight excluding hydrogens is 380 g/mol. The Morgan fingerprint density at radius 1 is 0.931 bits per heavy atom. The van der Waals surface area contributed by atoms with Crippen LogP contribution in [-0.4, -0.2) is 33.1 Å². The van der Waals surface area contributed by atoms with E-state index in [0.29, 0.717) is 23.4 Å². The molecule has 0 N–H and O–H groups in total. The number of imide groups is 1. The van der Waals surface area contributed by atoms with Crippen LogP contribution in [0.2, 0.25) is 0 Å². The Morgan fingerprint density at radius 3 is 2.34 bits per heavy atom. The molecule has 29 heavy (non-hydrogen) atoms. The zero-order valence-electron chi connectivity index (χ0n) is 16.9. The van der Waals surface area contributed by atoms with Crippen molar-refractivity contribution in [3.63, 3.8) is 0 Å². The smallest absolute Gasteiger partial charge is 0.268 e. The van der Waals surface area contributed by atoms with Crippen LogP contribution in [0, 0.1) is 0 Å². The van der Waals surface area contributed by atoms with Crippen LogP contribution in [0.4, 0.5) is 0 Å². The molecule has 0 radical (unpaired) electrons. The standard InChI is InChI=1S/C24H24N2O2S/c1-16(2)29-22-21(17-9-5-4-6-10-17)23(27)26(24(22)28)14-13-18-15-25(3)20-12-8-7-11-19(18)20/h4-12,15-16H,13-14H2,1-3H3. The first kappa shape index (κ1) is 19.5. The molecule has 0 bridgehead atoms. The van der Waals surface area contributed by atoms with E-state index in [1.165, 1.54) is 22.0 Å². The number of aryl methyl sites for hydroxylation is 1. The lowest BCUT2D eigenvalue weighted by atomic mass is 10.1. The number of rotatable bonds is 6. The quantitative estimate of drug-likeness (QED) is 0.562. The summed E-state index contributed by atoms with van der Waals surface area (Å²) < 4.78 is 2.09. The van der Waals surface area contributed by atoms with E-state index in [1.54, 1.807) is 0 Å². The highest BCUT2D eigenvalue weighted by Gasteiger charge is 2.39. The van der Waals surface area contributed by atoms with Gasteiger partial charge in [-0.2, -0.15) is 0 Å². The minimum Gasteiger partial charge on any atom is -0.350 e. The van der Waals surface area contributed by atoms with E-state index < -0.39 is 0 Å². The van der Waals surface area contributed by atoms with Crippen molar-refractivity contribution in [2.45, 2.75) is 25.5 Å². The molecule has 0 saturated carbocycles. The SMILES string of the molecule is CC(C)SC1=C(c2ccccc2)C(=O)N(CCc2cn(C)c3ccccc23)C1=O. The fourth-order valence-electron chi connectivity index (χ4n) is 3.82. The second-order valence-electron chi connectivity index (χ2n) is 7.53. The Morgan fingerprint density at radius 2 is 1.62 bits per heavy atom. The van der Waals surface area contributed by atoms with Gasteiger partial charge in [-0.05, 0) is 23.6 Å². The van der Waals surface area contributed by atoms with Crippen LogP contribution in [0.5, 0.6) is 0 Å². The molecule has 2 heterocycles. The molecule has 2 aromatic carbocycles. The first-order chi connectivity index (χ1) is 14.0. The van der Waals surface area contributed by atoms with Gasteiger partial charge in [0.2, 0.25) is 0 Å². The first-order valence-corrected chi connectivity index (χ1v) is 10.7. The van der Waals surface area contributed by atoms with Gasteiger partial charge in [0.05, 0.1) is 10.5 Å². The molecule has 1 aliphatic heterocycles. The van der Waals surface area contributed by atoms with Crippen LogP contribution in [0.3, 0.4) is 0 Å². The number of hydrogen-bond donors (Lipinski definition) is 0. The third kappa shape index (κ3) is 3.62. The fourth-order valence-corrected chi connectivity index (χ4v) is 4.82. The summed E-state index contributed by atoms with van der Waals surface area (Å²) in [6.07, 6.45) is 2.73. The third-order valence-corrected chi connectivity index (χ3v) is 6.21. The summed E-state index contributed by atoms with van der Waals surface area (Å²) in [6, 6.07) is 17.7. The molecule has 0 spiro atoms. The minimum absolute atomic E-state index is 0.173. The normalized spacial score (nSPS) is 14.7. The number of carbonyl (C=O) groups is 2. The number of amides is 2. The van der Waals surface area contributed by atoms with Crippen LogP contribution < -0.4 is 0 Å². The monoisotopic (exact) mass is 404 g/mol. The van der Waals surface area contributed by atoms with Crippen molar-refractivity contribution >= 4 is 40.1 Å². The number of carbonyl (C=O) groups excluding carboxylic acids is 2. The van der Waals surface area contributed by atoms with Gasteiger partial charge >= 0.3 is 0 Å². The highest BCUT2D eigenvalue weighted by atomic mass is 32.2. The maximum Gasteiger partial charge on any atom is 0.268 e. The lowest BCUT2D eigenvalue weighted by molar-refractivity contribution is -0.136. The Labute approximate surface area is 175 Å². The number of hydrogen-bond acceptors (Lipinski definition) is 3. The predicted octanol–water partition coefficient (Wildman–Crippen LogP) is 4.64. The molecule has 4 nitrogen and oxygen atoms in total. The Hall–Kier alpha value is -2.79. The zero-order valence-corrected chi connectivity index (χ0v) is 17.7. The van der Waals surface area contributed by atoms with Crippen molar-refractivity contribution in [1.29, 1.82) is 0 Å². The van der Waals surface area contributed by atoms with Crippen LogP contribution in [-0.2, 0) is 23.1 Å². The summed E-state index contributed by atoms with van der Waals surface area (Å²) in [7, 11) is 2.02. The van der Waals surface area contributed by atoms with Gasteiger partial charge in [0.1, 0.15) is 0 Å². The van der Waals surface area contributed by atoms with E-state index in [4.69, 9.17) is 0 Å². The summed E-state index contributed by atoms with van der Waals surface area (Å²) in [5, 5.41) is 1.39. The maximum atomic E-state index is 13.2. The number of benzene rings is 2. The topological polar surface area (TPSA) is 42.3 Å². The molecule has 5 heteroatoms. The molecule has 0 aliphatic carbocycles. The van der Waals surface area contributed by atoms with Gasteiger partial charge in [-0.15, -0.1) is 11.8 Å². The van der Waals surface area contributed by atoms with E-state index in [-0.39, 0.29) is 17.1 Å². The number of nitrogens with zero attached hydrogens (tertiary/aromatic N) is 2. The van der Waals surface area contributed by atoms with Crippen LogP contribution in [0.15, 0.2) is 65.7 Å². The molecule has 0 unspecified atom stereocenters. The van der Waals surface area contributed by atoms with Gasteiger partial charge in [-0.3, -0.25) is 14.5 Å². The Balaban J connectivity index is 1.62. The van der Waals surface area contributed by atoms with Crippen molar-refractivity contribution in [2.24, 2.45) is 7.05 Å². The molecular formula is C24H24N2O2S. The first-order valence-electron chi connectivity index (χ1n) is 9.83. The molecule has 0 saturated heterocycles. The molecule has 1 aliphatic rings. The predicted molar refractivity (Wildman–Crippen MR) is 119 cm³/mol. The van der Waals surface area contributed by atoms with Gasteiger partial charge in [-0.25, -0.2) is 0 Å². The Bertz CT molecular complexity index is 1110. The summed E-state index contributed by atoms with van der Waals surface area (Å²) in [4.78, 5) is 28.3. The lowest BCUT2D eigenvalue weighted by Gasteiger charge is -2.15. The third-order valence-electron chi connectivity index (χ3n) is 5.13. The highest BCUT2D eigenvalue weighted by Crippen LogP contribution is 2.38. The average molecular weight is 405 g/mol. The second-order valence-corrected chi connectivity index (χ2v) is 9.12. The van der Waals surface area contributed by atoms with Gasteiger partial charge in [0.15, 0.2) is 0 Å². The lowest BCUT2D eigenvalue weighted by Crippen LogP contribution is -2.33. The number of para-hydroxylation sites is 1. The van der Waals surface area contributed by atoms with Crippen LogP contribution >= 0.6 is 11.8 Å². The van der Waals surface area contributed by atoms with Gasteiger partial charge in [0, 0.05) is 35.9 Å². The summed E-state index contributed by atoms with van der Waals surface area (Å²) in [5.74, 6) is -0.364. The number of fused-ring (bicyclic) bond motifs is 1. The minimum atomic E-state index is -0.190. The second kappa shape index (κ2) is 7.91. The number of aromatic nitrogens is 1. The summed E-state index contributed by atoms with van der Waals surface area (Å²) in [6.45, 7) is 4.46. The fraction of sp³-hybridized carbons (Fsp3) is 0.250. The van der Waals surface area contributed by atoms with Gasteiger partial charge in [-0.1, -0.05) is 62.4 Å². The van der Waals surface area contributed by atoms with E-state index in [0.717, 1.165) is 16.6 Å². The van der Waals surface area contributed by atoms with Crippen molar-refractivity contribution in [2.75, 3.05) is 6.54 Å². The summed E-state index contributed by atoms with van der Waals surface area (Å²) >= 11 is 1.47. The van der Waals surface area contributed by atoms with E-state index in [1.807, 2.05) is 63.4 Å². The molecule has 0 fully saturated rings. The largest absolute Gasteiger partial charge is 0.350 e. The van der Waals surface area contributed by atoms with E-state index in [2.05, 4.69) is 22.9 Å². The molecule has 148 valence electrons. The van der Waals surface area contributed by atoms with Crippen molar-refractivity contribution < 1.29 is 9.59 Å². The molecule has 1 aromatic heterocycles. The molecule has 4 rings (SSSR count). The highest BCUT2D eigenvalue weighted by molar-refractivity contribution is 8.04. The van der Waals surface area contributed by atoms with Crippen molar-refractivity contribution in [3.8, 4) is 0 Å². The number of thioether (sulfide) groups is 1. The van der Waals surface area contributed by atoms with E-state index in [9.17, 15) is 9.59 Å². The van der Waals surface area contributed by atoms with E-state index >= 15 is 0 Å². The van der Waals surface area contributed by atoms with Crippen LogP contribution in [0.1, 0.15) is 25.0 Å². The van der Waals surface area contributed by atoms with Crippen LogP contribution in [0.25, 0.3) is 16.5 Å². The molecule has 3 aromatic rings. The van der Waals surface area contributed by atoms with Gasteiger partial charge in [0.25, 0.3) is 11.8 Å². The Kier molecular flexibility index (Phi) is 5.33. The zero-order chi connectivity index (χ0) is 20.5. The van der Waals surface area contributed by atoms with Crippen molar-refractivity contribution in [1.82, 2.24) is 9.47 Å². The summed E-state index contributed by atoms with van der Waals surface area (Å²) in [5.41, 5.74) is 3.64.